The maximum Gasteiger partial charge on any atom is 0.324 e. The van der Waals surface area contributed by atoms with Crippen LogP contribution in [0.25, 0.3) is 0 Å². The van der Waals surface area contributed by atoms with Crippen molar-refractivity contribution in [3.05, 3.63) is 23.2 Å². The number of nitrogens with zero attached hydrogens (tertiary/aromatic N) is 4. The summed E-state index contributed by atoms with van der Waals surface area (Å²) in [5.41, 5.74) is 0.813. The summed E-state index contributed by atoms with van der Waals surface area (Å²) in [7, 11) is 1.62. The second-order valence-electron chi connectivity index (χ2n) is 5.08. The Balaban J connectivity index is 1.69. The quantitative estimate of drug-likeness (QED) is 0.899. The van der Waals surface area contributed by atoms with Gasteiger partial charge in [0.05, 0.1) is 18.3 Å². The lowest BCUT2D eigenvalue weighted by atomic mass is 10.0. The number of ether oxygens (including phenoxy) is 1. The van der Waals surface area contributed by atoms with Gasteiger partial charge < -0.3 is 9.64 Å². The van der Waals surface area contributed by atoms with Crippen LogP contribution in [0.2, 0.25) is 0 Å². The van der Waals surface area contributed by atoms with Crippen molar-refractivity contribution in [3.63, 3.8) is 0 Å². The molecule has 2 amide bonds. The average molecular weight is 322 g/mol. The summed E-state index contributed by atoms with van der Waals surface area (Å²) in [6.07, 6.45) is 4.42. The Morgan fingerprint density at radius 2 is 2.50 bits per heavy atom. The third-order valence-corrected chi connectivity index (χ3v) is 4.38. The SMILES string of the molecule is COCc1csc(NC(=O)N2CCCCC2c2ncn[nH]2)n1. The first-order valence-corrected chi connectivity index (χ1v) is 8.02. The number of H-pyrrole nitrogens is 1. The zero-order valence-electron chi connectivity index (χ0n) is 12.3. The molecule has 0 aliphatic carbocycles. The van der Waals surface area contributed by atoms with Gasteiger partial charge in [-0.25, -0.2) is 14.8 Å². The second-order valence-corrected chi connectivity index (χ2v) is 5.94. The lowest BCUT2D eigenvalue weighted by Gasteiger charge is -2.33. The molecule has 1 unspecified atom stereocenters. The number of amides is 2. The Hall–Kier alpha value is -2.00. The van der Waals surface area contributed by atoms with Gasteiger partial charge in [0.25, 0.3) is 0 Å². The van der Waals surface area contributed by atoms with Crippen molar-refractivity contribution in [3.8, 4) is 0 Å². The minimum Gasteiger partial charge on any atom is -0.378 e. The number of urea groups is 1. The van der Waals surface area contributed by atoms with E-state index in [1.54, 1.807) is 12.0 Å². The van der Waals surface area contributed by atoms with Crippen molar-refractivity contribution in [2.24, 2.45) is 0 Å². The number of aromatic amines is 1. The topological polar surface area (TPSA) is 96.0 Å². The van der Waals surface area contributed by atoms with Crippen LogP contribution in [-0.4, -0.2) is 44.8 Å². The number of likely N-dealkylation sites (tertiary alicyclic amines) is 1. The zero-order chi connectivity index (χ0) is 15.4. The minimum absolute atomic E-state index is 0.0605. The molecule has 1 aliphatic rings. The molecule has 1 atom stereocenters. The van der Waals surface area contributed by atoms with Crippen molar-refractivity contribution in [2.45, 2.75) is 31.9 Å². The van der Waals surface area contributed by atoms with Crippen LogP contribution in [0.1, 0.15) is 36.8 Å². The molecule has 8 nitrogen and oxygen atoms in total. The predicted octanol–water partition coefficient (Wildman–Crippen LogP) is 2.17. The predicted molar refractivity (Wildman–Crippen MR) is 81.5 cm³/mol. The van der Waals surface area contributed by atoms with Crippen molar-refractivity contribution in [1.82, 2.24) is 25.1 Å². The van der Waals surface area contributed by atoms with E-state index in [-0.39, 0.29) is 12.1 Å². The third kappa shape index (κ3) is 3.25. The molecule has 2 N–H and O–H groups in total. The summed E-state index contributed by atoms with van der Waals surface area (Å²) in [6, 6.07) is -0.214. The van der Waals surface area contributed by atoms with E-state index in [9.17, 15) is 4.79 Å². The molecular weight excluding hydrogens is 304 g/mol. The molecule has 118 valence electrons. The first-order chi connectivity index (χ1) is 10.8. The van der Waals surface area contributed by atoms with Crippen LogP contribution in [-0.2, 0) is 11.3 Å². The van der Waals surface area contributed by atoms with Crippen molar-refractivity contribution in [1.29, 1.82) is 0 Å². The van der Waals surface area contributed by atoms with E-state index < -0.39 is 0 Å². The maximum absolute atomic E-state index is 12.5. The molecule has 1 saturated heterocycles. The molecule has 1 fully saturated rings. The van der Waals surface area contributed by atoms with Gasteiger partial charge >= 0.3 is 6.03 Å². The van der Waals surface area contributed by atoms with E-state index in [0.29, 0.717) is 18.3 Å². The molecule has 0 spiro atoms. The largest absolute Gasteiger partial charge is 0.378 e. The monoisotopic (exact) mass is 322 g/mol. The number of nitrogens with one attached hydrogen (secondary N) is 2. The molecule has 2 aromatic heterocycles. The lowest BCUT2D eigenvalue weighted by Crippen LogP contribution is -2.41. The summed E-state index contributed by atoms with van der Waals surface area (Å²) in [5, 5.41) is 12.1. The maximum atomic E-state index is 12.5. The summed E-state index contributed by atoms with van der Waals surface area (Å²) < 4.78 is 5.03. The third-order valence-electron chi connectivity index (χ3n) is 3.57. The molecule has 9 heteroatoms. The van der Waals surface area contributed by atoms with Crippen LogP contribution in [0.4, 0.5) is 9.93 Å². The van der Waals surface area contributed by atoms with Gasteiger partial charge in [-0.15, -0.1) is 11.3 Å². The molecule has 3 heterocycles. The summed E-state index contributed by atoms with van der Waals surface area (Å²) in [5.74, 6) is 0.731. The second kappa shape index (κ2) is 6.84. The molecule has 0 radical (unpaired) electrons. The molecule has 1 aliphatic heterocycles. The molecule has 2 aromatic rings. The van der Waals surface area contributed by atoms with Crippen LogP contribution in [0.5, 0.6) is 0 Å². The fourth-order valence-corrected chi connectivity index (χ4v) is 3.26. The number of carbonyl (C=O) groups excluding carboxylic acids is 1. The van der Waals surface area contributed by atoms with Gasteiger partial charge in [-0.1, -0.05) is 0 Å². The van der Waals surface area contributed by atoms with Crippen molar-refractivity contribution in [2.75, 3.05) is 19.0 Å². The highest BCUT2D eigenvalue weighted by Gasteiger charge is 2.30. The summed E-state index contributed by atoms with van der Waals surface area (Å²) in [4.78, 5) is 22.8. The van der Waals surface area contributed by atoms with Crippen LogP contribution < -0.4 is 5.32 Å². The van der Waals surface area contributed by atoms with E-state index in [1.165, 1.54) is 17.7 Å². The number of anilines is 1. The average Bonchev–Trinajstić information content (AvgIpc) is 3.19. The first kappa shape index (κ1) is 14.9. The van der Waals surface area contributed by atoms with E-state index in [4.69, 9.17) is 4.74 Å². The molecule has 0 saturated carbocycles. The van der Waals surface area contributed by atoms with Gasteiger partial charge in [-0.3, -0.25) is 10.4 Å². The van der Waals surface area contributed by atoms with Gasteiger partial charge in [0.15, 0.2) is 5.13 Å². The number of carbonyl (C=O) groups is 1. The number of hydrogen-bond acceptors (Lipinski definition) is 6. The Morgan fingerprint density at radius 1 is 1.59 bits per heavy atom. The number of thiazole rings is 1. The molecular formula is C13H18N6O2S. The summed E-state index contributed by atoms with van der Waals surface area (Å²) >= 11 is 1.40. The summed E-state index contributed by atoms with van der Waals surface area (Å²) in [6.45, 7) is 1.14. The highest BCUT2D eigenvalue weighted by Crippen LogP contribution is 2.29. The van der Waals surface area contributed by atoms with Crippen molar-refractivity contribution < 1.29 is 9.53 Å². The molecule has 0 aromatic carbocycles. The number of aromatic nitrogens is 4. The van der Waals surface area contributed by atoms with Crippen LogP contribution in [0, 0.1) is 0 Å². The Labute approximate surface area is 131 Å². The fourth-order valence-electron chi connectivity index (χ4n) is 2.58. The number of rotatable bonds is 4. The van der Waals surface area contributed by atoms with Crippen molar-refractivity contribution >= 4 is 22.5 Å². The Bertz CT molecular complexity index is 614. The molecule has 22 heavy (non-hydrogen) atoms. The lowest BCUT2D eigenvalue weighted by molar-refractivity contribution is 0.159. The zero-order valence-corrected chi connectivity index (χ0v) is 13.1. The molecule has 0 bridgehead atoms. The van der Waals surface area contributed by atoms with Crippen LogP contribution in [0.15, 0.2) is 11.7 Å². The van der Waals surface area contributed by atoms with Gasteiger partial charge in [0, 0.05) is 19.0 Å². The van der Waals surface area contributed by atoms with Gasteiger partial charge in [-0.2, -0.15) is 5.10 Å². The van der Waals surface area contributed by atoms with Gasteiger partial charge in [-0.05, 0) is 19.3 Å². The van der Waals surface area contributed by atoms with E-state index in [2.05, 4.69) is 25.5 Å². The number of piperidine rings is 1. The number of methoxy groups -OCH3 is 1. The van der Waals surface area contributed by atoms with Crippen LogP contribution >= 0.6 is 11.3 Å². The highest BCUT2D eigenvalue weighted by atomic mass is 32.1. The smallest absolute Gasteiger partial charge is 0.324 e. The Morgan fingerprint density at radius 3 is 3.27 bits per heavy atom. The minimum atomic E-state index is -0.153. The van der Waals surface area contributed by atoms with Gasteiger partial charge in [0.2, 0.25) is 0 Å². The first-order valence-electron chi connectivity index (χ1n) is 7.14. The van der Waals surface area contributed by atoms with Crippen LogP contribution in [0.3, 0.4) is 0 Å². The van der Waals surface area contributed by atoms with E-state index in [0.717, 1.165) is 30.8 Å². The van der Waals surface area contributed by atoms with Gasteiger partial charge in [0.1, 0.15) is 12.2 Å². The van der Waals surface area contributed by atoms with E-state index >= 15 is 0 Å². The normalized spacial score (nSPS) is 18.4. The molecule has 3 rings (SSSR count). The number of hydrogen-bond donors (Lipinski definition) is 2. The fraction of sp³-hybridized carbons (Fsp3) is 0.538. The highest BCUT2D eigenvalue weighted by molar-refractivity contribution is 7.13. The van der Waals surface area contributed by atoms with E-state index in [1.807, 2.05) is 5.38 Å². The Kier molecular flexibility index (Phi) is 4.64. The standard InChI is InChI=1S/C13H18N6O2S/c1-21-6-9-7-22-12(16-9)17-13(20)19-5-3-2-4-10(19)11-14-8-15-18-11/h7-8,10H,2-6H2,1H3,(H,14,15,18)(H,16,17,20).